The highest BCUT2D eigenvalue weighted by Gasteiger charge is 2.42. The number of aryl methyl sites for hydroxylation is 1. The number of rotatable bonds is 12. The summed E-state index contributed by atoms with van der Waals surface area (Å²) in [6.07, 6.45) is -5.90. The first-order chi connectivity index (χ1) is 17.2. The first kappa shape index (κ1) is 29.6. The van der Waals surface area contributed by atoms with Crippen molar-refractivity contribution in [1.82, 2.24) is 14.3 Å². The summed E-state index contributed by atoms with van der Waals surface area (Å²) in [5, 5.41) is 0.711. The molecule has 204 valence electrons. The fourth-order valence-electron chi connectivity index (χ4n) is 3.35. The van der Waals surface area contributed by atoms with E-state index in [9.17, 15) is 21.6 Å². The number of hydrogen-bond donors (Lipinski definition) is 1. The van der Waals surface area contributed by atoms with Crippen LogP contribution in [0.15, 0.2) is 52.0 Å². The van der Waals surface area contributed by atoms with Crippen LogP contribution in [-0.4, -0.2) is 51.5 Å². The Morgan fingerprint density at radius 1 is 1.16 bits per heavy atom. The summed E-state index contributed by atoms with van der Waals surface area (Å²) in [5.74, 6) is -0.238. The number of sulfonamides is 1. The molecule has 2 heterocycles. The van der Waals surface area contributed by atoms with E-state index in [1.165, 1.54) is 12.1 Å². The van der Waals surface area contributed by atoms with Gasteiger partial charge in [0.25, 0.3) is 0 Å². The second kappa shape index (κ2) is 11.8. The Morgan fingerprint density at radius 2 is 1.84 bits per heavy atom. The van der Waals surface area contributed by atoms with Crippen LogP contribution in [0.2, 0.25) is 25.7 Å². The number of hydrogen-bond acceptors (Lipinski definition) is 5. The molecule has 0 aliphatic carbocycles. The van der Waals surface area contributed by atoms with Crippen molar-refractivity contribution < 1.29 is 31.1 Å². The van der Waals surface area contributed by atoms with E-state index in [0.29, 0.717) is 17.6 Å². The van der Waals surface area contributed by atoms with Gasteiger partial charge in [0.1, 0.15) is 12.4 Å². The molecule has 1 unspecified atom stereocenters. The molecule has 7 nitrogen and oxygen atoms in total. The van der Waals surface area contributed by atoms with Crippen LogP contribution in [0.5, 0.6) is 5.88 Å². The van der Waals surface area contributed by atoms with Gasteiger partial charge in [-0.2, -0.15) is 18.2 Å². The first-order valence-corrected chi connectivity index (χ1v) is 17.7. The molecule has 0 aliphatic heterocycles. The van der Waals surface area contributed by atoms with Crippen LogP contribution >= 0.6 is 15.9 Å². The van der Waals surface area contributed by atoms with Crippen LogP contribution in [0.1, 0.15) is 12.0 Å². The minimum atomic E-state index is -4.74. The number of pyridine rings is 1. The van der Waals surface area contributed by atoms with Crippen LogP contribution < -0.4 is 9.46 Å². The molecule has 0 spiro atoms. The Bertz CT molecular complexity index is 1310. The number of benzene rings is 1. The molecule has 1 N–H and O–H groups in total. The third-order valence-electron chi connectivity index (χ3n) is 5.53. The summed E-state index contributed by atoms with van der Waals surface area (Å²) < 4.78 is 81.5. The van der Waals surface area contributed by atoms with Crippen molar-refractivity contribution in [3.63, 3.8) is 0 Å². The maximum atomic E-state index is 13.8. The van der Waals surface area contributed by atoms with E-state index in [2.05, 4.69) is 45.3 Å². The molecule has 1 atom stereocenters. The molecular formula is C24H31BrF3N3O4SSi. The molecule has 3 rings (SSSR count). The monoisotopic (exact) mass is 621 g/mol. The number of nitrogens with one attached hydrogen (secondary N) is 1. The largest absolute Gasteiger partial charge is 0.464 e. The van der Waals surface area contributed by atoms with Crippen molar-refractivity contribution in [2.75, 3.05) is 13.2 Å². The number of ether oxygens (including phenoxy) is 2. The number of halogens is 4. The lowest BCUT2D eigenvalue weighted by Gasteiger charge is -2.22. The first-order valence-electron chi connectivity index (χ1n) is 11.7. The smallest absolute Gasteiger partial charge is 0.425 e. The Morgan fingerprint density at radius 3 is 2.46 bits per heavy atom. The van der Waals surface area contributed by atoms with Gasteiger partial charge in [0.2, 0.25) is 15.9 Å². The Kier molecular flexibility index (Phi) is 9.49. The van der Waals surface area contributed by atoms with Crippen LogP contribution in [0.3, 0.4) is 0 Å². The normalized spacial score (nSPS) is 13.7. The topological polar surface area (TPSA) is 82.5 Å². The van der Waals surface area contributed by atoms with Gasteiger partial charge in [0.05, 0.1) is 9.37 Å². The highest BCUT2D eigenvalue weighted by molar-refractivity contribution is 9.10. The standard InChI is InChI=1S/C24H31BrF3N3O4SSi/c1-17-5-7-19(8-6-17)36(32,33)29-11-9-21(24(26,27)28)35-23-20(25)15-18-10-12-31(22(18)30-23)16-34-13-14-37(2,3)4/h5-8,10,12,15,21,29H,9,11,13-14,16H2,1-4H3. The van der Waals surface area contributed by atoms with E-state index < -0.39 is 43.3 Å². The van der Waals surface area contributed by atoms with Crippen molar-refractivity contribution >= 4 is 45.1 Å². The summed E-state index contributed by atoms with van der Waals surface area (Å²) in [6, 6.07) is 10.4. The number of nitrogens with zero attached hydrogens (tertiary/aromatic N) is 2. The maximum Gasteiger partial charge on any atom is 0.425 e. The van der Waals surface area contributed by atoms with E-state index in [0.717, 1.165) is 11.6 Å². The molecule has 0 saturated heterocycles. The van der Waals surface area contributed by atoms with Gasteiger partial charge < -0.3 is 14.0 Å². The highest BCUT2D eigenvalue weighted by atomic mass is 79.9. The lowest BCUT2D eigenvalue weighted by atomic mass is 10.2. The quantitative estimate of drug-likeness (QED) is 0.195. The fraction of sp³-hybridized carbons (Fsp3) is 0.458. The van der Waals surface area contributed by atoms with Crippen molar-refractivity contribution in [3.8, 4) is 5.88 Å². The van der Waals surface area contributed by atoms with E-state index in [1.54, 1.807) is 42.0 Å². The Labute approximate surface area is 224 Å². The second-order valence-corrected chi connectivity index (χ2v) is 18.2. The van der Waals surface area contributed by atoms with Crippen LogP contribution in [0.25, 0.3) is 11.0 Å². The Hall–Kier alpha value is -1.93. The van der Waals surface area contributed by atoms with Gasteiger partial charge in [0.15, 0.2) is 6.10 Å². The Balaban J connectivity index is 1.71. The number of fused-ring (bicyclic) bond motifs is 1. The molecule has 0 amide bonds. The third kappa shape index (κ3) is 8.53. The van der Waals surface area contributed by atoms with Crippen molar-refractivity contribution in [2.24, 2.45) is 0 Å². The zero-order valence-corrected chi connectivity index (χ0v) is 24.5. The van der Waals surface area contributed by atoms with Crippen molar-refractivity contribution in [1.29, 1.82) is 0 Å². The van der Waals surface area contributed by atoms with Gasteiger partial charge >= 0.3 is 6.18 Å². The van der Waals surface area contributed by atoms with Gasteiger partial charge in [-0.05, 0) is 53.2 Å². The number of alkyl halides is 3. The molecule has 13 heteroatoms. The van der Waals surface area contributed by atoms with Crippen LogP contribution in [-0.2, 0) is 21.5 Å². The predicted octanol–water partition coefficient (Wildman–Crippen LogP) is 6.10. The van der Waals surface area contributed by atoms with Gasteiger partial charge in [-0.25, -0.2) is 13.1 Å². The van der Waals surface area contributed by atoms with Crippen LogP contribution in [0.4, 0.5) is 13.2 Å². The molecule has 1 aromatic carbocycles. The zero-order chi connectivity index (χ0) is 27.4. The van der Waals surface area contributed by atoms with Crippen LogP contribution in [0, 0.1) is 6.92 Å². The summed E-state index contributed by atoms with van der Waals surface area (Å²) >= 11 is 3.24. The van der Waals surface area contributed by atoms with Crippen molar-refractivity contribution in [3.05, 3.63) is 52.6 Å². The van der Waals surface area contributed by atoms with Gasteiger partial charge in [0, 0.05) is 39.2 Å². The van der Waals surface area contributed by atoms with Crippen molar-refractivity contribution in [2.45, 2.75) is 62.9 Å². The summed E-state index contributed by atoms with van der Waals surface area (Å²) in [7, 11) is -5.22. The molecule has 0 saturated carbocycles. The van der Waals surface area contributed by atoms with E-state index >= 15 is 0 Å². The molecule has 0 aliphatic rings. The molecule has 0 bridgehead atoms. The SMILES string of the molecule is Cc1ccc(S(=O)(=O)NCCC(Oc2nc3c(ccn3COCC[Si](C)(C)C)cc2Br)C(F)(F)F)cc1. The second-order valence-electron chi connectivity index (χ2n) is 9.97. The zero-order valence-electron chi connectivity index (χ0n) is 21.1. The molecule has 0 fully saturated rings. The van der Waals surface area contributed by atoms with Gasteiger partial charge in [-0.3, -0.25) is 0 Å². The average molecular weight is 623 g/mol. The highest BCUT2D eigenvalue weighted by Crippen LogP contribution is 2.33. The average Bonchev–Trinajstić information content (AvgIpc) is 3.16. The third-order valence-corrected chi connectivity index (χ3v) is 9.28. The fourth-order valence-corrected chi connectivity index (χ4v) is 5.58. The van der Waals surface area contributed by atoms with Gasteiger partial charge in [-0.15, -0.1) is 0 Å². The lowest BCUT2D eigenvalue weighted by molar-refractivity contribution is -0.197. The minimum absolute atomic E-state index is 0.0229. The predicted molar refractivity (Wildman–Crippen MR) is 143 cm³/mol. The summed E-state index contributed by atoms with van der Waals surface area (Å²) in [5.41, 5.74) is 1.29. The van der Waals surface area contributed by atoms with E-state index in [-0.39, 0.29) is 22.0 Å². The molecule has 3 aromatic rings. The molecular weight excluding hydrogens is 591 g/mol. The maximum absolute atomic E-state index is 13.8. The number of aromatic nitrogens is 2. The summed E-state index contributed by atoms with van der Waals surface area (Å²) in [6.45, 7) is 8.87. The summed E-state index contributed by atoms with van der Waals surface area (Å²) in [4.78, 5) is 4.29. The lowest BCUT2D eigenvalue weighted by Crippen LogP contribution is -2.38. The van der Waals surface area contributed by atoms with E-state index in [4.69, 9.17) is 9.47 Å². The molecule has 37 heavy (non-hydrogen) atoms. The minimum Gasteiger partial charge on any atom is -0.464 e. The molecule has 0 radical (unpaired) electrons. The van der Waals surface area contributed by atoms with Gasteiger partial charge in [-0.1, -0.05) is 37.3 Å². The molecule has 2 aromatic heterocycles. The van der Waals surface area contributed by atoms with E-state index in [1.807, 2.05) is 0 Å².